The Balaban J connectivity index is 1.59. The molecule has 4 atom stereocenters. The molecule has 1 spiro atoms. The molecule has 1 aliphatic carbocycles. The van der Waals surface area contributed by atoms with Crippen molar-refractivity contribution in [3.05, 3.63) is 29.8 Å². The van der Waals surface area contributed by atoms with Gasteiger partial charge in [0, 0.05) is 18.7 Å². The Bertz CT molecular complexity index is 1060. The summed E-state index contributed by atoms with van der Waals surface area (Å²) in [4.78, 5) is 41.3. The van der Waals surface area contributed by atoms with Gasteiger partial charge in [0.1, 0.15) is 18.1 Å². The molecule has 0 unspecified atom stereocenters. The van der Waals surface area contributed by atoms with Gasteiger partial charge in [-0.3, -0.25) is 14.4 Å². The van der Waals surface area contributed by atoms with E-state index in [0.717, 1.165) is 18.4 Å². The summed E-state index contributed by atoms with van der Waals surface area (Å²) in [6, 6.07) is 7.19. The molecule has 2 aliphatic heterocycles. The molecular weight excluding hydrogens is 454 g/mol. The van der Waals surface area contributed by atoms with Gasteiger partial charge in [0.2, 0.25) is 17.7 Å². The van der Waals surface area contributed by atoms with Gasteiger partial charge in [-0.1, -0.05) is 51.8 Å². The molecule has 1 saturated carbocycles. The van der Waals surface area contributed by atoms with Crippen molar-refractivity contribution in [1.82, 2.24) is 14.9 Å². The smallest absolute Gasteiger partial charge is 0.246 e. The maximum atomic E-state index is 13.7. The van der Waals surface area contributed by atoms with Gasteiger partial charge in [0.05, 0.1) is 23.3 Å². The molecule has 3 aliphatic rings. The normalized spacial score (nSPS) is 25.4. The van der Waals surface area contributed by atoms with E-state index in [2.05, 4.69) is 21.4 Å². The van der Waals surface area contributed by atoms with Crippen molar-refractivity contribution in [2.24, 2.45) is 11.3 Å². The first-order chi connectivity index (χ1) is 16.1. The molecule has 1 aromatic carbocycles. The van der Waals surface area contributed by atoms with E-state index in [9.17, 15) is 23.9 Å². The van der Waals surface area contributed by atoms with Crippen molar-refractivity contribution < 1.29 is 18.6 Å². The maximum absolute atomic E-state index is 13.7. The van der Waals surface area contributed by atoms with Crippen LogP contribution in [0.25, 0.3) is 0 Å². The number of likely N-dealkylation sites (tertiary alicyclic amines) is 1. The lowest BCUT2D eigenvalue weighted by molar-refractivity contribution is -0.138. The summed E-state index contributed by atoms with van der Waals surface area (Å²) in [6.07, 6.45) is 2.66. The molecule has 182 valence electrons. The highest BCUT2D eigenvalue weighted by Crippen LogP contribution is 2.46. The third-order valence-electron chi connectivity index (χ3n) is 7.11. The van der Waals surface area contributed by atoms with Crippen LogP contribution in [0.4, 0.5) is 5.69 Å². The number of nitrogens with one attached hydrogen (secondary N) is 3. The zero-order chi connectivity index (χ0) is 24.7. The lowest BCUT2D eigenvalue weighted by Gasteiger charge is -2.32. The lowest BCUT2D eigenvalue weighted by Crippen LogP contribution is -2.57. The number of thiol groups is 1. The molecule has 0 aromatic heterocycles. The zero-order valence-corrected chi connectivity index (χ0v) is 20.5. The molecule has 2 heterocycles. The fraction of sp³-hybridized carbons (Fsp3) is 0.583. The molecule has 10 heteroatoms. The van der Waals surface area contributed by atoms with Crippen LogP contribution in [0.3, 0.4) is 0 Å². The van der Waals surface area contributed by atoms with Gasteiger partial charge in [0.25, 0.3) is 0 Å². The van der Waals surface area contributed by atoms with Crippen molar-refractivity contribution >= 4 is 35.3 Å². The largest absolute Gasteiger partial charge is 0.343 e. The van der Waals surface area contributed by atoms with Gasteiger partial charge >= 0.3 is 0 Å². The predicted molar refractivity (Wildman–Crippen MR) is 128 cm³/mol. The SMILES string of the molecule is CC(C)(C)[C@H](N[SH]=O)C(=O)N[C@@H](CC1CC1)C(=O)N1C[C@]2(C[C@H]1C#N)C(=O)Nc1ccccc12. The van der Waals surface area contributed by atoms with E-state index < -0.39 is 34.9 Å². The van der Waals surface area contributed by atoms with Gasteiger partial charge in [-0.2, -0.15) is 5.26 Å². The maximum Gasteiger partial charge on any atom is 0.246 e. The molecule has 9 nitrogen and oxygen atoms in total. The van der Waals surface area contributed by atoms with Crippen molar-refractivity contribution in [3.8, 4) is 6.07 Å². The molecule has 3 N–H and O–H groups in total. The number of rotatable bonds is 7. The van der Waals surface area contributed by atoms with Crippen LogP contribution in [0.5, 0.6) is 0 Å². The first-order valence-electron chi connectivity index (χ1n) is 11.6. The summed E-state index contributed by atoms with van der Waals surface area (Å²) in [5.41, 5.74) is -0.00716. The summed E-state index contributed by atoms with van der Waals surface area (Å²) >= 11 is -0.370. The second-order valence-electron chi connectivity index (χ2n) is 10.7. The van der Waals surface area contributed by atoms with Crippen LogP contribution in [0.1, 0.15) is 52.0 Å². The Morgan fingerprint density at radius 1 is 1.32 bits per heavy atom. The average Bonchev–Trinajstić information content (AvgIpc) is 3.45. The summed E-state index contributed by atoms with van der Waals surface area (Å²) in [6.45, 7) is 5.63. The highest BCUT2D eigenvalue weighted by atomic mass is 32.2. The summed E-state index contributed by atoms with van der Waals surface area (Å²) in [7, 11) is 0. The molecule has 1 saturated heterocycles. The average molecular weight is 486 g/mol. The minimum atomic E-state index is -0.974. The third-order valence-corrected chi connectivity index (χ3v) is 7.47. The van der Waals surface area contributed by atoms with Crippen LogP contribution in [0, 0.1) is 22.7 Å². The number of carbonyl (C=O) groups is 3. The van der Waals surface area contributed by atoms with Gasteiger partial charge in [-0.25, -0.2) is 8.93 Å². The van der Waals surface area contributed by atoms with Gasteiger partial charge in [0.15, 0.2) is 0 Å². The fourth-order valence-electron chi connectivity index (χ4n) is 5.05. The minimum absolute atomic E-state index is 0.0874. The number of hydrogen-bond acceptors (Lipinski definition) is 5. The monoisotopic (exact) mass is 485 g/mol. The molecule has 0 bridgehead atoms. The van der Waals surface area contributed by atoms with Crippen molar-refractivity contribution in [1.29, 1.82) is 5.26 Å². The van der Waals surface area contributed by atoms with Crippen LogP contribution in [-0.4, -0.2) is 51.5 Å². The first kappa shape index (κ1) is 24.4. The highest BCUT2D eigenvalue weighted by Gasteiger charge is 2.56. The zero-order valence-electron chi connectivity index (χ0n) is 19.6. The van der Waals surface area contributed by atoms with E-state index in [1.807, 2.05) is 45.0 Å². The second kappa shape index (κ2) is 9.12. The number of amides is 3. The highest BCUT2D eigenvalue weighted by molar-refractivity contribution is 7.63. The molecule has 1 aromatic rings. The van der Waals surface area contributed by atoms with Gasteiger partial charge < -0.3 is 15.5 Å². The number of carbonyl (C=O) groups excluding carboxylic acids is 3. The quantitative estimate of drug-likeness (QED) is 0.430. The summed E-state index contributed by atoms with van der Waals surface area (Å²) in [5.74, 6) is -0.645. The third kappa shape index (κ3) is 4.46. The Morgan fingerprint density at radius 2 is 2.03 bits per heavy atom. The van der Waals surface area contributed by atoms with Crippen LogP contribution in [0.2, 0.25) is 0 Å². The Morgan fingerprint density at radius 3 is 2.65 bits per heavy atom. The van der Waals surface area contributed by atoms with Gasteiger partial charge in [-0.15, -0.1) is 0 Å². The Labute approximate surface area is 203 Å². The van der Waals surface area contributed by atoms with Crippen molar-refractivity contribution in [3.63, 3.8) is 0 Å². The van der Waals surface area contributed by atoms with Crippen LogP contribution in [0.15, 0.2) is 24.3 Å². The van der Waals surface area contributed by atoms with Crippen molar-refractivity contribution in [2.45, 2.75) is 70.0 Å². The van der Waals surface area contributed by atoms with E-state index in [-0.39, 0.29) is 36.6 Å². The lowest BCUT2D eigenvalue weighted by atomic mass is 9.80. The van der Waals surface area contributed by atoms with Crippen LogP contribution in [-0.2, 0) is 31.7 Å². The number of nitriles is 1. The van der Waals surface area contributed by atoms with E-state index in [1.54, 1.807) is 0 Å². The minimum Gasteiger partial charge on any atom is -0.343 e. The van der Waals surface area contributed by atoms with Crippen LogP contribution >= 0.6 is 0 Å². The van der Waals surface area contributed by atoms with Crippen LogP contribution < -0.4 is 15.4 Å². The van der Waals surface area contributed by atoms with E-state index in [1.165, 1.54) is 4.90 Å². The number of fused-ring (bicyclic) bond motifs is 2. The first-order valence-corrected chi connectivity index (χ1v) is 12.4. The second-order valence-corrected chi connectivity index (χ2v) is 11.1. The molecular formula is C24H31N5O4S. The molecule has 2 fully saturated rings. The Kier molecular flexibility index (Phi) is 6.53. The summed E-state index contributed by atoms with van der Waals surface area (Å²) < 4.78 is 13.9. The predicted octanol–water partition coefficient (Wildman–Crippen LogP) is 1.15. The van der Waals surface area contributed by atoms with E-state index in [4.69, 9.17) is 0 Å². The fourth-order valence-corrected chi connectivity index (χ4v) is 5.66. The molecule has 3 amide bonds. The molecule has 0 radical (unpaired) electrons. The topological polar surface area (TPSA) is 131 Å². The summed E-state index contributed by atoms with van der Waals surface area (Å²) in [5, 5.41) is 15.6. The number of para-hydroxylation sites is 1. The number of anilines is 1. The molecule has 34 heavy (non-hydrogen) atoms. The van der Waals surface area contributed by atoms with E-state index in [0.29, 0.717) is 18.0 Å². The number of nitrogens with zero attached hydrogens (tertiary/aromatic N) is 2. The van der Waals surface area contributed by atoms with Gasteiger partial charge in [-0.05, 0) is 29.4 Å². The molecule has 4 rings (SSSR count). The van der Waals surface area contributed by atoms with Crippen molar-refractivity contribution in [2.75, 3.05) is 11.9 Å². The standard InChI is InChI=1S/C24H31N5O4S/c1-23(2,3)19(28-34-33)20(30)26-18(10-14-8-9-14)21(31)29-13-24(11-15(29)12-25)16-6-4-5-7-17(16)27-22(24)32/h4-7,14-15,18-19,34H,8-11,13H2,1-3H3,(H,26,30)(H,27,32)(H,28,33)/t15-,18-,19+,24-/m0/s1. The van der Waals surface area contributed by atoms with E-state index >= 15 is 0 Å². The number of benzene rings is 1. The Hall–Kier alpha value is -2.77. The number of hydrogen-bond donors (Lipinski definition) is 4.